The van der Waals surface area contributed by atoms with Crippen molar-refractivity contribution < 1.29 is 14.3 Å². The Morgan fingerprint density at radius 2 is 1.86 bits per heavy atom. The van der Waals surface area contributed by atoms with Crippen molar-refractivity contribution in [3.8, 4) is 0 Å². The van der Waals surface area contributed by atoms with E-state index < -0.39 is 0 Å². The van der Waals surface area contributed by atoms with Gasteiger partial charge in [-0.15, -0.1) is 0 Å². The Morgan fingerprint density at radius 1 is 1.23 bits per heavy atom. The molecule has 0 unspecified atom stereocenters. The quantitative estimate of drug-likeness (QED) is 0.878. The Labute approximate surface area is 132 Å². The highest BCUT2D eigenvalue weighted by Gasteiger charge is 2.19. The van der Waals surface area contributed by atoms with E-state index in [1.54, 1.807) is 7.11 Å². The standard InChI is InChI=1S/C17H26N2O3/c1-13(20)19(10-11-22-5)12-16(21)18-15-9-7-6-8-14(15)17(2,3)4/h6-9H,10-12H2,1-5H3,(H,18,21). The average Bonchev–Trinajstić information content (AvgIpc) is 2.42. The highest BCUT2D eigenvalue weighted by atomic mass is 16.5. The Balaban J connectivity index is 2.78. The normalized spacial score (nSPS) is 11.1. The van der Waals surface area contributed by atoms with Gasteiger partial charge in [-0.25, -0.2) is 0 Å². The number of anilines is 1. The molecule has 0 aliphatic heterocycles. The molecular formula is C17H26N2O3. The SMILES string of the molecule is COCCN(CC(=O)Nc1ccccc1C(C)(C)C)C(C)=O. The second kappa shape index (κ2) is 7.94. The van der Waals surface area contributed by atoms with Gasteiger partial charge in [0.2, 0.25) is 11.8 Å². The van der Waals surface area contributed by atoms with Gasteiger partial charge in [0, 0.05) is 26.3 Å². The van der Waals surface area contributed by atoms with E-state index in [2.05, 4.69) is 26.1 Å². The fraction of sp³-hybridized carbons (Fsp3) is 0.529. The van der Waals surface area contributed by atoms with Gasteiger partial charge in [0.25, 0.3) is 0 Å². The monoisotopic (exact) mass is 306 g/mol. The van der Waals surface area contributed by atoms with E-state index in [0.29, 0.717) is 13.2 Å². The molecule has 0 fully saturated rings. The first-order chi connectivity index (χ1) is 10.3. The predicted molar refractivity (Wildman–Crippen MR) is 87.9 cm³/mol. The summed E-state index contributed by atoms with van der Waals surface area (Å²) in [6, 6.07) is 7.73. The van der Waals surface area contributed by atoms with Gasteiger partial charge in [0.05, 0.1) is 13.2 Å². The number of rotatable bonds is 6. The first-order valence-electron chi connectivity index (χ1n) is 7.39. The van der Waals surface area contributed by atoms with Gasteiger partial charge in [-0.1, -0.05) is 39.0 Å². The average molecular weight is 306 g/mol. The third-order valence-electron chi connectivity index (χ3n) is 3.35. The minimum Gasteiger partial charge on any atom is -0.383 e. The molecule has 0 bridgehead atoms. The number of hydrogen-bond acceptors (Lipinski definition) is 3. The maximum Gasteiger partial charge on any atom is 0.244 e. The van der Waals surface area contributed by atoms with Crippen LogP contribution in [0.4, 0.5) is 5.69 Å². The first kappa shape index (κ1) is 18.2. The molecule has 0 aromatic heterocycles. The van der Waals surface area contributed by atoms with Crippen molar-refractivity contribution in [2.24, 2.45) is 0 Å². The molecule has 0 heterocycles. The summed E-state index contributed by atoms with van der Waals surface area (Å²) >= 11 is 0. The van der Waals surface area contributed by atoms with Gasteiger partial charge in [-0.05, 0) is 17.0 Å². The molecule has 1 rings (SSSR count). The second-order valence-electron chi connectivity index (χ2n) is 6.28. The zero-order chi connectivity index (χ0) is 16.8. The van der Waals surface area contributed by atoms with Gasteiger partial charge >= 0.3 is 0 Å². The Kier molecular flexibility index (Phi) is 6.56. The summed E-state index contributed by atoms with van der Waals surface area (Å²) in [5.41, 5.74) is 1.78. The smallest absolute Gasteiger partial charge is 0.244 e. The van der Waals surface area contributed by atoms with Crippen LogP contribution in [0, 0.1) is 0 Å². The minimum absolute atomic E-state index is 0.0250. The van der Waals surface area contributed by atoms with E-state index in [1.165, 1.54) is 11.8 Å². The zero-order valence-corrected chi connectivity index (χ0v) is 14.1. The van der Waals surface area contributed by atoms with Crippen LogP contribution in [0.3, 0.4) is 0 Å². The van der Waals surface area contributed by atoms with Crippen LogP contribution in [-0.4, -0.2) is 43.5 Å². The van der Waals surface area contributed by atoms with Crippen LogP contribution in [-0.2, 0) is 19.7 Å². The minimum atomic E-state index is -0.206. The van der Waals surface area contributed by atoms with Crippen molar-refractivity contribution in [2.45, 2.75) is 33.1 Å². The number of amides is 2. The Bertz CT molecular complexity index is 521. The molecule has 2 amide bonds. The molecule has 0 saturated carbocycles. The summed E-state index contributed by atoms with van der Waals surface area (Å²) in [6.45, 7) is 8.57. The topological polar surface area (TPSA) is 58.6 Å². The van der Waals surface area contributed by atoms with E-state index in [-0.39, 0.29) is 23.8 Å². The molecule has 122 valence electrons. The fourth-order valence-electron chi connectivity index (χ4n) is 2.16. The van der Waals surface area contributed by atoms with Crippen LogP contribution >= 0.6 is 0 Å². The number of hydrogen-bond donors (Lipinski definition) is 1. The van der Waals surface area contributed by atoms with Gasteiger partial charge < -0.3 is 15.0 Å². The first-order valence-corrected chi connectivity index (χ1v) is 7.39. The molecule has 1 aromatic rings. The van der Waals surface area contributed by atoms with Crippen molar-refractivity contribution in [3.05, 3.63) is 29.8 Å². The lowest BCUT2D eigenvalue weighted by molar-refractivity contribution is -0.133. The third kappa shape index (κ3) is 5.48. The molecule has 5 heteroatoms. The van der Waals surface area contributed by atoms with Crippen molar-refractivity contribution in [3.63, 3.8) is 0 Å². The molecule has 0 radical (unpaired) electrons. The van der Waals surface area contributed by atoms with Gasteiger partial charge in [0.15, 0.2) is 0 Å². The van der Waals surface area contributed by atoms with Crippen LogP contribution in [0.2, 0.25) is 0 Å². The fourth-order valence-corrected chi connectivity index (χ4v) is 2.16. The lowest BCUT2D eigenvalue weighted by Crippen LogP contribution is -2.38. The molecule has 0 aliphatic rings. The predicted octanol–water partition coefficient (Wildman–Crippen LogP) is 2.42. The van der Waals surface area contributed by atoms with Gasteiger partial charge in [-0.2, -0.15) is 0 Å². The number of carbonyl (C=O) groups is 2. The number of nitrogens with zero attached hydrogens (tertiary/aromatic N) is 1. The van der Waals surface area contributed by atoms with Crippen molar-refractivity contribution in [1.82, 2.24) is 4.90 Å². The van der Waals surface area contributed by atoms with E-state index in [9.17, 15) is 9.59 Å². The number of methoxy groups -OCH3 is 1. The van der Waals surface area contributed by atoms with E-state index in [0.717, 1.165) is 11.3 Å². The summed E-state index contributed by atoms with van der Waals surface area (Å²) in [4.78, 5) is 25.2. The number of carbonyl (C=O) groups excluding carboxylic acids is 2. The number of nitrogens with one attached hydrogen (secondary N) is 1. The molecule has 0 atom stereocenters. The lowest BCUT2D eigenvalue weighted by Gasteiger charge is -2.24. The molecule has 22 heavy (non-hydrogen) atoms. The molecule has 0 saturated heterocycles. The van der Waals surface area contributed by atoms with Crippen LogP contribution in [0.1, 0.15) is 33.3 Å². The summed E-state index contributed by atoms with van der Waals surface area (Å²) in [7, 11) is 1.57. The lowest BCUT2D eigenvalue weighted by atomic mass is 9.86. The van der Waals surface area contributed by atoms with Crippen LogP contribution in [0.15, 0.2) is 24.3 Å². The van der Waals surface area contributed by atoms with Gasteiger partial charge in [-0.3, -0.25) is 9.59 Å². The molecule has 1 N–H and O–H groups in total. The highest BCUT2D eigenvalue weighted by molar-refractivity contribution is 5.95. The van der Waals surface area contributed by atoms with Crippen LogP contribution < -0.4 is 5.32 Å². The zero-order valence-electron chi connectivity index (χ0n) is 14.1. The summed E-state index contributed by atoms with van der Waals surface area (Å²) in [6.07, 6.45) is 0. The van der Waals surface area contributed by atoms with Gasteiger partial charge in [0.1, 0.15) is 0 Å². The van der Waals surface area contributed by atoms with Crippen molar-refractivity contribution in [1.29, 1.82) is 0 Å². The summed E-state index contributed by atoms with van der Waals surface area (Å²) in [5, 5.41) is 2.91. The number of ether oxygens (including phenoxy) is 1. The van der Waals surface area contributed by atoms with Crippen molar-refractivity contribution in [2.75, 3.05) is 32.1 Å². The largest absolute Gasteiger partial charge is 0.383 e. The van der Waals surface area contributed by atoms with Crippen molar-refractivity contribution >= 4 is 17.5 Å². The highest BCUT2D eigenvalue weighted by Crippen LogP contribution is 2.29. The molecule has 5 nitrogen and oxygen atoms in total. The van der Waals surface area contributed by atoms with Crippen LogP contribution in [0.25, 0.3) is 0 Å². The molecule has 0 aliphatic carbocycles. The maximum atomic E-state index is 12.2. The third-order valence-corrected chi connectivity index (χ3v) is 3.35. The van der Waals surface area contributed by atoms with Crippen LogP contribution in [0.5, 0.6) is 0 Å². The maximum absolute atomic E-state index is 12.2. The summed E-state index contributed by atoms with van der Waals surface area (Å²) in [5.74, 6) is -0.348. The number of benzene rings is 1. The Hall–Kier alpha value is -1.88. The summed E-state index contributed by atoms with van der Waals surface area (Å²) < 4.78 is 4.96. The number of para-hydroxylation sites is 1. The Morgan fingerprint density at radius 3 is 2.41 bits per heavy atom. The molecule has 0 spiro atoms. The molecular weight excluding hydrogens is 280 g/mol. The van der Waals surface area contributed by atoms with E-state index in [4.69, 9.17) is 4.74 Å². The van der Waals surface area contributed by atoms with E-state index in [1.807, 2.05) is 24.3 Å². The molecule has 1 aromatic carbocycles. The second-order valence-corrected chi connectivity index (χ2v) is 6.28. The van der Waals surface area contributed by atoms with E-state index >= 15 is 0 Å².